The van der Waals surface area contributed by atoms with Gasteiger partial charge in [-0.3, -0.25) is 14.5 Å². The van der Waals surface area contributed by atoms with E-state index < -0.39 is 11.8 Å². The van der Waals surface area contributed by atoms with Gasteiger partial charge in [0.25, 0.3) is 11.8 Å². The molecule has 1 aromatic heterocycles. The molecule has 5 nitrogen and oxygen atoms in total. The van der Waals surface area contributed by atoms with Crippen molar-refractivity contribution in [3.8, 4) is 17.4 Å². The molecular formula is C25H17ClN2O3. The Hall–Kier alpha value is -3.88. The van der Waals surface area contributed by atoms with E-state index in [1.807, 2.05) is 54.6 Å². The van der Waals surface area contributed by atoms with Gasteiger partial charge < -0.3 is 4.42 Å². The number of halogens is 1. The first kappa shape index (κ1) is 20.4. The van der Waals surface area contributed by atoms with Crippen LogP contribution >= 0.6 is 11.6 Å². The Kier molecular flexibility index (Phi) is 5.57. The van der Waals surface area contributed by atoms with Crippen LogP contribution in [0.25, 0.3) is 17.4 Å². The Morgan fingerprint density at radius 1 is 1.00 bits per heavy atom. The average molecular weight is 429 g/mol. The van der Waals surface area contributed by atoms with Crippen LogP contribution in [-0.2, 0) is 16.1 Å². The molecule has 2 heterocycles. The van der Waals surface area contributed by atoms with Crippen molar-refractivity contribution in [2.75, 3.05) is 0 Å². The maximum absolute atomic E-state index is 13.2. The van der Waals surface area contributed by atoms with E-state index in [1.165, 1.54) is 0 Å². The predicted octanol–water partition coefficient (Wildman–Crippen LogP) is 5.39. The molecule has 152 valence electrons. The molecule has 1 aliphatic rings. The number of nitriles is 1. The van der Waals surface area contributed by atoms with Crippen molar-refractivity contribution >= 4 is 29.5 Å². The van der Waals surface area contributed by atoms with Crippen LogP contribution in [0.2, 0.25) is 5.02 Å². The maximum Gasteiger partial charge on any atom is 0.271 e. The fourth-order valence-electron chi connectivity index (χ4n) is 3.42. The molecular weight excluding hydrogens is 412 g/mol. The number of furan rings is 1. The van der Waals surface area contributed by atoms with Gasteiger partial charge in [0.2, 0.25) is 0 Å². The Morgan fingerprint density at radius 2 is 1.71 bits per heavy atom. The molecule has 31 heavy (non-hydrogen) atoms. The number of carbonyl (C=O) groups excluding carboxylic acids is 2. The third kappa shape index (κ3) is 3.94. The highest BCUT2D eigenvalue weighted by molar-refractivity contribution is 6.33. The van der Waals surface area contributed by atoms with Crippen LogP contribution in [0.5, 0.6) is 0 Å². The number of nitrogens with zero attached hydrogens (tertiary/aromatic N) is 2. The Morgan fingerprint density at radius 3 is 2.42 bits per heavy atom. The molecule has 0 N–H and O–H groups in total. The van der Waals surface area contributed by atoms with Gasteiger partial charge in [0.05, 0.1) is 11.6 Å². The average Bonchev–Trinajstić information content (AvgIpc) is 3.24. The molecule has 0 aliphatic carbocycles. The third-order valence-electron chi connectivity index (χ3n) is 5.06. The Bertz CT molecular complexity index is 1280. The Balaban J connectivity index is 1.73. The Labute approximate surface area is 184 Å². The van der Waals surface area contributed by atoms with E-state index >= 15 is 0 Å². The lowest BCUT2D eigenvalue weighted by molar-refractivity contribution is -0.141. The molecule has 4 rings (SSSR count). The molecule has 3 aromatic rings. The van der Waals surface area contributed by atoms with Gasteiger partial charge in [-0.1, -0.05) is 54.1 Å². The number of amides is 2. The van der Waals surface area contributed by atoms with Crippen LogP contribution in [0.15, 0.2) is 87.9 Å². The zero-order valence-corrected chi connectivity index (χ0v) is 17.4. The SMILES string of the molecule is CC1=C(C#N)C(=O)N(Cc2ccccc2)C(=O)/C1=C/c1ccc(-c2ccccc2Cl)o1. The summed E-state index contributed by atoms with van der Waals surface area (Å²) >= 11 is 6.24. The number of hydrogen-bond donors (Lipinski definition) is 0. The summed E-state index contributed by atoms with van der Waals surface area (Å²) in [6, 6.07) is 21.9. The summed E-state index contributed by atoms with van der Waals surface area (Å²) < 4.78 is 5.88. The lowest BCUT2D eigenvalue weighted by Crippen LogP contribution is -2.42. The van der Waals surface area contributed by atoms with Gasteiger partial charge in [0.15, 0.2) is 0 Å². The van der Waals surface area contributed by atoms with Crippen molar-refractivity contribution in [1.82, 2.24) is 4.90 Å². The number of imide groups is 1. The van der Waals surface area contributed by atoms with Gasteiger partial charge in [-0.05, 0) is 48.4 Å². The molecule has 0 atom stereocenters. The fourth-order valence-corrected chi connectivity index (χ4v) is 3.65. The summed E-state index contributed by atoms with van der Waals surface area (Å²) in [6.07, 6.45) is 1.56. The highest BCUT2D eigenvalue weighted by Crippen LogP contribution is 2.32. The van der Waals surface area contributed by atoms with Gasteiger partial charge in [-0.15, -0.1) is 0 Å². The van der Waals surface area contributed by atoms with E-state index in [0.717, 1.165) is 16.0 Å². The highest BCUT2D eigenvalue weighted by atomic mass is 35.5. The summed E-state index contributed by atoms with van der Waals surface area (Å²) in [7, 11) is 0. The first-order valence-electron chi connectivity index (χ1n) is 9.57. The van der Waals surface area contributed by atoms with E-state index in [-0.39, 0.29) is 17.7 Å². The van der Waals surface area contributed by atoms with Gasteiger partial charge in [0, 0.05) is 11.1 Å². The predicted molar refractivity (Wildman–Crippen MR) is 117 cm³/mol. The highest BCUT2D eigenvalue weighted by Gasteiger charge is 2.35. The van der Waals surface area contributed by atoms with Gasteiger partial charge in [-0.2, -0.15) is 5.26 Å². The van der Waals surface area contributed by atoms with Crippen molar-refractivity contribution in [1.29, 1.82) is 5.26 Å². The van der Waals surface area contributed by atoms with Crippen LogP contribution in [0.4, 0.5) is 0 Å². The molecule has 2 aromatic carbocycles. The normalized spacial score (nSPS) is 15.5. The van der Waals surface area contributed by atoms with Gasteiger partial charge in [-0.25, -0.2) is 0 Å². The molecule has 0 saturated heterocycles. The van der Waals surface area contributed by atoms with Crippen LogP contribution in [-0.4, -0.2) is 16.7 Å². The summed E-state index contributed by atoms with van der Waals surface area (Å²) in [5.41, 5.74) is 2.04. The summed E-state index contributed by atoms with van der Waals surface area (Å²) in [5, 5.41) is 10.1. The second-order valence-electron chi connectivity index (χ2n) is 7.03. The maximum atomic E-state index is 13.2. The van der Waals surface area contributed by atoms with E-state index in [9.17, 15) is 14.9 Å². The van der Waals surface area contributed by atoms with Gasteiger partial charge >= 0.3 is 0 Å². The van der Waals surface area contributed by atoms with Crippen LogP contribution in [0.3, 0.4) is 0 Å². The molecule has 0 bridgehead atoms. The first-order chi connectivity index (χ1) is 15.0. The first-order valence-corrected chi connectivity index (χ1v) is 9.95. The van der Waals surface area contributed by atoms with E-state index in [4.69, 9.17) is 16.0 Å². The quantitative estimate of drug-likeness (QED) is 0.412. The van der Waals surface area contributed by atoms with Crippen molar-refractivity contribution in [2.45, 2.75) is 13.5 Å². The molecule has 0 radical (unpaired) electrons. The molecule has 6 heteroatoms. The number of hydrogen-bond acceptors (Lipinski definition) is 4. The van der Waals surface area contributed by atoms with Crippen LogP contribution in [0.1, 0.15) is 18.2 Å². The topological polar surface area (TPSA) is 74.3 Å². The second kappa shape index (κ2) is 8.47. The van der Waals surface area contributed by atoms with Gasteiger partial charge in [0.1, 0.15) is 23.2 Å². The molecule has 1 aliphatic heterocycles. The standard InChI is InChI=1S/C25H17ClN2O3/c1-16-20(13-18-11-12-23(31-18)19-9-5-6-10-22(19)26)24(29)28(25(30)21(16)14-27)15-17-7-3-2-4-8-17/h2-13H,15H2,1H3/b20-13+. The number of rotatable bonds is 4. The molecule has 2 amide bonds. The minimum absolute atomic E-state index is 0.0559. The zero-order valence-electron chi connectivity index (χ0n) is 16.6. The lowest BCUT2D eigenvalue weighted by Gasteiger charge is -2.27. The smallest absolute Gasteiger partial charge is 0.271 e. The van der Waals surface area contributed by atoms with Crippen LogP contribution < -0.4 is 0 Å². The lowest BCUT2D eigenvalue weighted by atomic mass is 9.94. The largest absolute Gasteiger partial charge is 0.457 e. The van der Waals surface area contributed by atoms with Crippen molar-refractivity contribution in [3.63, 3.8) is 0 Å². The molecule has 0 fully saturated rings. The summed E-state index contributed by atoms with van der Waals surface area (Å²) in [4.78, 5) is 27.0. The van der Waals surface area contributed by atoms with Crippen molar-refractivity contribution in [3.05, 3.63) is 99.8 Å². The molecule has 0 spiro atoms. The second-order valence-corrected chi connectivity index (χ2v) is 7.44. The van der Waals surface area contributed by atoms with E-state index in [1.54, 1.807) is 31.2 Å². The summed E-state index contributed by atoms with van der Waals surface area (Å²) in [5.74, 6) is -0.0905. The third-order valence-corrected chi connectivity index (χ3v) is 5.39. The van der Waals surface area contributed by atoms with Crippen molar-refractivity contribution in [2.24, 2.45) is 0 Å². The fraction of sp³-hybridized carbons (Fsp3) is 0.0800. The minimum atomic E-state index is -0.595. The number of benzene rings is 2. The monoisotopic (exact) mass is 428 g/mol. The van der Waals surface area contributed by atoms with Crippen LogP contribution in [0, 0.1) is 11.3 Å². The van der Waals surface area contributed by atoms with E-state index in [0.29, 0.717) is 22.1 Å². The zero-order chi connectivity index (χ0) is 22.0. The molecule has 0 saturated carbocycles. The number of carbonyl (C=O) groups is 2. The van der Waals surface area contributed by atoms with Crippen molar-refractivity contribution < 1.29 is 14.0 Å². The van der Waals surface area contributed by atoms with E-state index in [2.05, 4.69) is 0 Å². The minimum Gasteiger partial charge on any atom is -0.457 e. The summed E-state index contributed by atoms with van der Waals surface area (Å²) in [6.45, 7) is 1.68. The molecule has 0 unspecified atom stereocenters.